The highest BCUT2D eigenvalue weighted by Gasteiger charge is 2.33. The van der Waals surface area contributed by atoms with Crippen LogP contribution in [-0.4, -0.2) is 75.0 Å². The largest absolute Gasteiger partial charge is 0.417 e. The lowest BCUT2D eigenvalue weighted by Crippen LogP contribution is -2.52. The van der Waals surface area contributed by atoms with Crippen molar-refractivity contribution >= 4 is 17.5 Å². The lowest BCUT2D eigenvalue weighted by Gasteiger charge is -2.39. The van der Waals surface area contributed by atoms with Crippen LogP contribution in [0.15, 0.2) is 48.9 Å². The molecule has 1 atom stereocenters. The maximum absolute atomic E-state index is 13.2. The van der Waals surface area contributed by atoms with E-state index in [1.807, 2.05) is 28.0 Å². The summed E-state index contributed by atoms with van der Waals surface area (Å²) in [5.41, 5.74) is -0.766. The Morgan fingerprint density at radius 1 is 0.914 bits per heavy atom. The van der Waals surface area contributed by atoms with Gasteiger partial charge in [0.2, 0.25) is 5.91 Å². The van der Waals surface area contributed by atoms with Gasteiger partial charge in [-0.3, -0.25) is 4.79 Å². The molecule has 12 heteroatoms. The maximum Gasteiger partial charge on any atom is 0.417 e. The Morgan fingerprint density at radius 2 is 1.66 bits per heavy atom. The third-order valence-electron chi connectivity index (χ3n) is 6.46. The van der Waals surface area contributed by atoms with E-state index in [1.165, 1.54) is 6.07 Å². The van der Waals surface area contributed by atoms with E-state index in [-0.39, 0.29) is 11.8 Å². The molecule has 184 valence electrons. The fourth-order valence-corrected chi connectivity index (χ4v) is 4.56. The van der Waals surface area contributed by atoms with Crippen LogP contribution in [0.5, 0.6) is 0 Å². The molecular formula is C23H25F3N8O. The van der Waals surface area contributed by atoms with Crippen LogP contribution in [0.3, 0.4) is 0 Å². The van der Waals surface area contributed by atoms with Crippen molar-refractivity contribution in [3.63, 3.8) is 0 Å². The predicted octanol–water partition coefficient (Wildman–Crippen LogP) is 2.64. The van der Waals surface area contributed by atoms with Gasteiger partial charge in [-0.2, -0.15) is 18.3 Å². The van der Waals surface area contributed by atoms with E-state index in [2.05, 4.69) is 25.2 Å². The van der Waals surface area contributed by atoms with Gasteiger partial charge >= 0.3 is 6.18 Å². The molecule has 5 rings (SSSR count). The Balaban J connectivity index is 1.16. The molecule has 0 spiro atoms. The second-order valence-electron chi connectivity index (χ2n) is 8.70. The van der Waals surface area contributed by atoms with Gasteiger partial charge in [-0.1, -0.05) is 0 Å². The highest BCUT2D eigenvalue weighted by molar-refractivity contribution is 5.80. The van der Waals surface area contributed by atoms with Gasteiger partial charge in [0.1, 0.15) is 5.82 Å². The van der Waals surface area contributed by atoms with E-state index in [1.54, 1.807) is 17.1 Å². The molecule has 0 aromatic carbocycles. The van der Waals surface area contributed by atoms with Crippen LogP contribution in [0.1, 0.15) is 18.4 Å². The number of alkyl halides is 3. The molecule has 0 saturated carbocycles. The SMILES string of the molecule is O=C(C1CCCN(c2ccc(-n3cccn3)nn2)C1)N1CCN(c2ccc(C(F)(F)F)cn2)CC1. The third kappa shape index (κ3) is 5.05. The molecular weight excluding hydrogens is 461 g/mol. The average molecular weight is 487 g/mol. The second kappa shape index (κ2) is 9.51. The first kappa shape index (κ1) is 23.1. The summed E-state index contributed by atoms with van der Waals surface area (Å²) in [6, 6.07) is 8.00. The highest BCUT2D eigenvalue weighted by Crippen LogP contribution is 2.30. The van der Waals surface area contributed by atoms with Crippen LogP contribution in [0.4, 0.5) is 24.8 Å². The zero-order valence-corrected chi connectivity index (χ0v) is 19.0. The highest BCUT2D eigenvalue weighted by atomic mass is 19.4. The molecule has 0 radical (unpaired) electrons. The Hall–Kier alpha value is -3.70. The van der Waals surface area contributed by atoms with Gasteiger partial charge in [-0.15, -0.1) is 10.2 Å². The topological polar surface area (TPSA) is 83.3 Å². The third-order valence-corrected chi connectivity index (χ3v) is 6.46. The smallest absolute Gasteiger partial charge is 0.354 e. The van der Waals surface area contributed by atoms with Crippen LogP contribution in [0.2, 0.25) is 0 Å². The summed E-state index contributed by atoms with van der Waals surface area (Å²) in [5, 5.41) is 12.7. The molecule has 3 aromatic heterocycles. The molecule has 2 aliphatic heterocycles. The first-order valence-electron chi connectivity index (χ1n) is 11.5. The van der Waals surface area contributed by atoms with Gasteiger partial charge < -0.3 is 14.7 Å². The first-order chi connectivity index (χ1) is 16.9. The molecule has 0 N–H and O–H groups in total. The first-order valence-corrected chi connectivity index (χ1v) is 11.5. The molecule has 0 bridgehead atoms. The normalized spacial score (nSPS) is 19.2. The Bertz CT molecular complexity index is 1130. The number of amides is 1. The molecule has 2 fully saturated rings. The monoisotopic (exact) mass is 486 g/mol. The summed E-state index contributed by atoms with van der Waals surface area (Å²) in [6.45, 7) is 3.47. The van der Waals surface area contributed by atoms with E-state index in [4.69, 9.17) is 0 Å². The van der Waals surface area contributed by atoms with Gasteiger partial charge in [-0.25, -0.2) is 9.67 Å². The number of piperazine rings is 1. The summed E-state index contributed by atoms with van der Waals surface area (Å²) < 4.78 is 40.0. The summed E-state index contributed by atoms with van der Waals surface area (Å²) in [6.07, 6.45) is 1.62. The van der Waals surface area contributed by atoms with Gasteiger partial charge in [0.15, 0.2) is 11.6 Å². The molecule has 2 saturated heterocycles. The van der Waals surface area contributed by atoms with E-state index >= 15 is 0 Å². The summed E-state index contributed by atoms with van der Waals surface area (Å²) in [5.74, 6) is 1.83. The number of carbonyl (C=O) groups excluding carboxylic acids is 1. The number of halogens is 3. The average Bonchev–Trinajstić information content (AvgIpc) is 3.43. The standard InChI is InChI=1S/C23H25F3N8O/c24-23(25,26)18-4-5-19(27-15-18)31-11-13-32(14-12-31)22(35)17-3-1-9-33(16-17)20-6-7-21(30-29-20)34-10-2-8-28-34/h2,4-8,10,15,17H,1,3,9,11-14,16H2. The van der Waals surface area contributed by atoms with Gasteiger partial charge in [0.25, 0.3) is 0 Å². The molecule has 1 unspecified atom stereocenters. The number of hydrogen-bond donors (Lipinski definition) is 0. The number of anilines is 2. The number of rotatable bonds is 4. The molecule has 9 nitrogen and oxygen atoms in total. The molecule has 0 aliphatic carbocycles. The van der Waals surface area contributed by atoms with Crippen LogP contribution in [0.25, 0.3) is 5.82 Å². The summed E-state index contributed by atoms with van der Waals surface area (Å²) >= 11 is 0. The van der Waals surface area contributed by atoms with Crippen LogP contribution in [0, 0.1) is 5.92 Å². The van der Waals surface area contributed by atoms with Crippen LogP contribution in [-0.2, 0) is 11.0 Å². The van der Waals surface area contributed by atoms with Crippen molar-refractivity contribution in [2.24, 2.45) is 5.92 Å². The van der Waals surface area contributed by atoms with Crippen molar-refractivity contribution in [2.45, 2.75) is 19.0 Å². The fraction of sp³-hybridized carbons (Fsp3) is 0.435. The lowest BCUT2D eigenvalue weighted by atomic mass is 9.96. The van der Waals surface area contributed by atoms with Gasteiger partial charge in [0.05, 0.1) is 11.5 Å². The second-order valence-corrected chi connectivity index (χ2v) is 8.70. The minimum Gasteiger partial charge on any atom is -0.354 e. The quantitative estimate of drug-likeness (QED) is 0.561. The van der Waals surface area contributed by atoms with Gasteiger partial charge in [0, 0.05) is 57.9 Å². The number of carbonyl (C=O) groups is 1. The zero-order chi connectivity index (χ0) is 24.4. The van der Waals surface area contributed by atoms with Crippen molar-refractivity contribution in [3.8, 4) is 5.82 Å². The number of pyridine rings is 1. The van der Waals surface area contributed by atoms with Crippen molar-refractivity contribution in [3.05, 3.63) is 54.5 Å². The van der Waals surface area contributed by atoms with E-state index in [9.17, 15) is 18.0 Å². The summed E-state index contributed by atoms with van der Waals surface area (Å²) in [4.78, 5) is 23.1. The fourth-order valence-electron chi connectivity index (χ4n) is 4.56. The van der Waals surface area contributed by atoms with Crippen LogP contribution < -0.4 is 9.80 Å². The maximum atomic E-state index is 13.2. The molecule has 3 aromatic rings. The van der Waals surface area contributed by atoms with Crippen molar-refractivity contribution in [1.29, 1.82) is 0 Å². The van der Waals surface area contributed by atoms with E-state index in [0.29, 0.717) is 44.4 Å². The molecule has 35 heavy (non-hydrogen) atoms. The number of aromatic nitrogens is 5. The van der Waals surface area contributed by atoms with Crippen LogP contribution >= 0.6 is 0 Å². The minimum absolute atomic E-state index is 0.107. The number of piperidine rings is 1. The predicted molar refractivity (Wildman–Crippen MR) is 122 cm³/mol. The lowest BCUT2D eigenvalue weighted by molar-refractivity contribution is -0.138. The van der Waals surface area contributed by atoms with E-state index < -0.39 is 11.7 Å². The van der Waals surface area contributed by atoms with E-state index in [0.717, 1.165) is 37.5 Å². The van der Waals surface area contributed by atoms with Gasteiger partial charge in [-0.05, 0) is 43.2 Å². The molecule has 2 aliphatic rings. The number of hydrogen-bond acceptors (Lipinski definition) is 7. The van der Waals surface area contributed by atoms with Crippen molar-refractivity contribution < 1.29 is 18.0 Å². The minimum atomic E-state index is -4.40. The molecule has 1 amide bonds. The van der Waals surface area contributed by atoms with Crippen molar-refractivity contribution in [1.82, 2.24) is 29.9 Å². The number of nitrogens with zero attached hydrogens (tertiary/aromatic N) is 8. The Morgan fingerprint density at radius 3 is 2.29 bits per heavy atom. The zero-order valence-electron chi connectivity index (χ0n) is 19.0. The van der Waals surface area contributed by atoms with Crippen molar-refractivity contribution in [2.75, 3.05) is 49.1 Å². The molecule has 5 heterocycles. The Kier molecular flexibility index (Phi) is 6.27. The Labute approximate surface area is 200 Å². The summed E-state index contributed by atoms with van der Waals surface area (Å²) in [7, 11) is 0.